The van der Waals surface area contributed by atoms with Gasteiger partial charge in [-0.05, 0) is 13.3 Å². The van der Waals surface area contributed by atoms with Crippen LogP contribution in [0.25, 0.3) is 0 Å². The second-order valence-electron chi connectivity index (χ2n) is 4.57. The van der Waals surface area contributed by atoms with E-state index in [2.05, 4.69) is 13.5 Å². The molecule has 0 aromatic heterocycles. The van der Waals surface area contributed by atoms with Crippen LogP contribution in [-0.4, -0.2) is 24.6 Å². The molecule has 0 aliphatic rings. The van der Waals surface area contributed by atoms with Crippen LogP contribution in [0.1, 0.15) is 58.8 Å². The molecule has 0 spiro atoms. The molecule has 0 bridgehead atoms. The predicted molar refractivity (Wildman–Crippen MR) is 74.7 cm³/mol. The molecule has 0 aliphatic carbocycles. The molecule has 0 aromatic carbocycles. The van der Waals surface area contributed by atoms with Gasteiger partial charge in [0.2, 0.25) is 0 Å². The summed E-state index contributed by atoms with van der Waals surface area (Å²) < 4.78 is 9.78. The number of unbranched alkanes of at least 4 members (excludes halogenated alkanes) is 5. The van der Waals surface area contributed by atoms with Crippen molar-refractivity contribution >= 4 is 11.9 Å². The van der Waals surface area contributed by atoms with Crippen LogP contribution in [0.15, 0.2) is 12.7 Å². The summed E-state index contributed by atoms with van der Waals surface area (Å²) in [6.45, 7) is 7.27. The van der Waals surface area contributed by atoms with Crippen molar-refractivity contribution in [3.05, 3.63) is 12.7 Å². The molecule has 0 saturated carbocycles. The van der Waals surface area contributed by atoms with E-state index in [4.69, 9.17) is 9.47 Å². The zero-order chi connectivity index (χ0) is 14.5. The standard InChI is InChI=1S/C15H26O4/c1-4-6-7-8-9-10-11-14(16)19-13(3)15(17)18-12-5-2/h5,13H,2,4,6-12H2,1,3H3/t13-/m0/s1. The minimum Gasteiger partial charge on any atom is -0.459 e. The first-order valence-electron chi connectivity index (χ1n) is 7.08. The first-order chi connectivity index (χ1) is 9.11. The minimum absolute atomic E-state index is 0.137. The van der Waals surface area contributed by atoms with Gasteiger partial charge in [0, 0.05) is 6.42 Å². The van der Waals surface area contributed by atoms with Crippen LogP contribution in [0.5, 0.6) is 0 Å². The molecule has 19 heavy (non-hydrogen) atoms. The Labute approximate surface area is 116 Å². The van der Waals surface area contributed by atoms with Gasteiger partial charge in [-0.15, -0.1) is 0 Å². The van der Waals surface area contributed by atoms with Gasteiger partial charge < -0.3 is 9.47 Å². The average molecular weight is 270 g/mol. The summed E-state index contributed by atoms with van der Waals surface area (Å²) in [6.07, 6.45) is 7.68. The molecular formula is C15H26O4. The van der Waals surface area contributed by atoms with E-state index in [0.29, 0.717) is 6.42 Å². The number of esters is 2. The molecule has 0 heterocycles. The van der Waals surface area contributed by atoms with Crippen molar-refractivity contribution in [2.75, 3.05) is 6.61 Å². The van der Waals surface area contributed by atoms with Gasteiger partial charge in [0.15, 0.2) is 6.10 Å². The molecule has 4 nitrogen and oxygen atoms in total. The van der Waals surface area contributed by atoms with Gasteiger partial charge >= 0.3 is 11.9 Å². The minimum atomic E-state index is -0.840. The second kappa shape index (κ2) is 11.8. The van der Waals surface area contributed by atoms with Crippen LogP contribution in [0.4, 0.5) is 0 Å². The van der Waals surface area contributed by atoms with Gasteiger partial charge in [-0.3, -0.25) is 4.79 Å². The van der Waals surface area contributed by atoms with Gasteiger partial charge in [-0.25, -0.2) is 4.79 Å². The lowest BCUT2D eigenvalue weighted by molar-refractivity contribution is -0.165. The van der Waals surface area contributed by atoms with Gasteiger partial charge in [-0.1, -0.05) is 51.7 Å². The van der Waals surface area contributed by atoms with Crippen molar-refractivity contribution in [3.63, 3.8) is 0 Å². The number of hydrogen-bond donors (Lipinski definition) is 0. The smallest absolute Gasteiger partial charge is 0.347 e. The highest BCUT2D eigenvalue weighted by Gasteiger charge is 2.18. The fourth-order valence-corrected chi connectivity index (χ4v) is 1.61. The number of carbonyl (C=O) groups excluding carboxylic acids is 2. The van der Waals surface area contributed by atoms with Crippen molar-refractivity contribution in [1.29, 1.82) is 0 Å². The summed E-state index contributed by atoms with van der Waals surface area (Å²) in [6, 6.07) is 0. The Hall–Kier alpha value is -1.32. The molecule has 0 saturated heterocycles. The Bertz CT molecular complexity index is 273. The van der Waals surface area contributed by atoms with Crippen molar-refractivity contribution in [1.82, 2.24) is 0 Å². The topological polar surface area (TPSA) is 52.6 Å². The predicted octanol–water partition coefficient (Wildman–Crippen LogP) is 3.40. The van der Waals surface area contributed by atoms with Gasteiger partial charge in [0.1, 0.15) is 6.61 Å². The maximum absolute atomic E-state index is 11.5. The maximum atomic E-state index is 11.5. The second-order valence-corrected chi connectivity index (χ2v) is 4.57. The first-order valence-corrected chi connectivity index (χ1v) is 7.08. The highest BCUT2D eigenvalue weighted by molar-refractivity contribution is 5.79. The first kappa shape index (κ1) is 17.7. The monoisotopic (exact) mass is 270 g/mol. The van der Waals surface area contributed by atoms with Gasteiger partial charge in [-0.2, -0.15) is 0 Å². The molecule has 110 valence electrons. The summed E-state index contributed by atoms with van der Waals surface area (Å²) in [5, 5.41) is 0. The summed E-state index contributed by atoms with van der Waals surface area (Å²) in [5.74, 6) is -0.866. The Morgan fingerprint density at radius 3 is 2.42 bits per heavy atom. The fraction of sp³-hybridized carbons (Fsp3) is 0.733. The Morgan fingerprint density at radius 2 is 1.79 bits per heavy atom. The van der Waals surface area contributed by atoms with Crippen molar-refractivity contribution < 1.29 is 19.1 Å². The van der Waals surface area contributed by atoms with E-state index >= 15 is 0 Å². The van der Waals surface area contributed by atoms with Crippen molar-refractivity contribution in [3.8, 4) is 0 Å². The van der Waals surface area contributed by atoms with Crippen LogP contribution < -0.4 is 0 Å². The third-order valence-corrected chi connectivity index (χ3v) is 2.72. The summed E-state index contributed by atoms with van der Waals surface area (Å²) in [7, 11) is 0. The highest BCUT2D eigenvalue weighted by atomic mass is 16.6. The summed E-state index contributed by atoms with van der Waals surface area (Å²) in [5.41, 5.74) is 0. The molecule has 0 unspecified atom stereocenters. The van der Waals surface area contributed by atoms with Gasteiger partial charge in [0.05, 0.1) is 0 Å². The number of ether oxygens (including phenoxy) is 2. The van der Waals surface area contributed by atoms with E-state index in [1.165, 1.54) is 32.3 Å². The molecule has 0 fully saturated rings. The maximum Gasteiger partial charge on any atom is 0.347 e. The Balaban J connectivity index is 3.61. The van der Waals surface area contributed by atoms with E-state index in [9.17, 15) is 9.59 Å². The third kappa shape index (κ3) is 10.3. The van der Waals surface area contributed by atoms with E-state index in [1.807, 2.05) is 0 Å². The van der Waals surface area contributed by atoms with Crippen molar-refractivity contribution in [2.24, 2.45) is 0 Å². The normalized spacial score (nSPS) is 11.7. The van der Waals surface area contributed by atoms with Crippen LogP contribution >= 0.6 is 0 Å². The summed E-state index contributed by atoms with van der Waals surface area (Å²) >= 11 is 0. The molecule has 0 aromatic rings. The van der Waals surface area contributed by atoms with Crippen LogP contribution in [0, 0.1) is 0 Å². The van der Waals surface area contributed by atoms with Gasteiger partial charge in [0.25, 0.3) is 0 Å². The quantitative estimate of drug-likeness (QED) is 0.328. The lowest BCUT2D eigenvalue weighted by Gasteiger charge is -2.11. The number of carbonyl (C=O) groups is 2. The molecule has 0 amide bonds. The number of rotatable bonds is 11. The summed E-state index contributed by atoms with van der Waals surface area (Å²) in [4.78, 5) is 22.8. The molecule has 4 heteroatoms. The Morgan fingerprint density at radius 1 is 1.16 bits per heavy atom. The third-order valence-electron chi connectivity index (χ3n) is 2.72. The molecule has 0 aliphatic heterocycles. The SMILES string of the molecule is C=CCOC(=O)[C@H](C)OC(=O)CCCCCCCC. The Kier molecular flexibility index (Phi) is 10.9. The largest absolute Gasteiger partial charge is 0.459 e. The average Bonchev–Trinajstić information content (AvgIpc) is 2.39. The molecule has 0 N–H and O–H groups in total. The molecule has 0 rings (SSSR count). The fourth-order valence-electron chi connectivity index (χ4n) is 1.61. The van der Waals surface area contributed by atoms with Crippen LogP contribution in [0.2, 0.25) is 0 Å². The van der Waals surface area contributed by atoms with Crippen LogP contribution in [0.3, 0.4) is 0 Å². The lowest BCUT2D eigenvalue weighted by atomic mass is 10.1. The zero-order valence-corrected chi connectivity index (χ0v) is 12.2. The van der Waals surface area contributed by atoms with Crippen molar-refractivity contribution in [2.45, 2.75) is 64.9 Å². The van der Waals surface area contributed by atoms with E-state index < -0.39 is 12.1 Å². The lowest BCUT2D eigenvalue weighted by Crippen LogP contribution is -2.26. The zero-order valence-electron chi connectivity index (χ0n) is 12.2. The van der Waals surface area contributed by atoms with E-state index in [1.54, 1.807) is 0 Å². The molecular weight excluding hydrogens is 244 g/mol. The number of hydrogen-bond acceptors (Lipinski definition) is 4. The highest BCUT2D eigenvalue weighted by Crippen LogP contribution is 2.08. The van der Waals surface area contributed by atoms with E-state index in [-0.39, 0.29) is 12.6 Å². The molecule has 0 radical (unpaired) electrons. The van der Waals surface area contributed by atoms with Crippen LogP contribution in [-0.2, 0) is 19.1 Å². The van der Waals surface area contributed by atoms with E-state index in [0.717, 1.165) is 19.3 Å². The molecule has 1 atom stereocenters.